The number of amides is 2. The minimum Gasteiger partial charge on any atom is -0.445 e. The summed E-state index contributed by atoms with van der Waals surface area (Å²) in [6, 6.07) is 14.2. The van der Waals surface area contributed by atoms with Gasteiger partial charge in [0.25, 0.3) is 11.7 Å². The molecular formula is C19H14N2O4. The highest BCUT2D eigenvalue weighted by Crippen LogP contribution is 2.23. The van der Waals surface area contributed by atoms with Gasteiger partial charge in [0.2, 0.25) is 0 Å². The summed E-state index contributed by atoms with van der Waals surface area (Å²) in [4.78, 5) is 34.5. The lowest BCUT2D eigenvalue weighted by molar-refractivity contribution is -0.112. The van der Waals surface area contributed by atoms with Crippen LogP contribution in [0.25, 0.3) is 0 Å². The molecule has 0 saturated carbocycles. The Bertz CT molecular complexity index is 895. The molecule has 0 bridgehead atoms. The van der Waals surface area contributed by atoms with Crippen LogP contribution in [-0.4, -0.2) is 24.3 Å². The number of nitrogens with one attached hydrogen (secondary N) is 2. The molecule has 6 heteroatoms. The van der Waals surface area contributed by atoms with Crippen LogP contribution in [0.2, 0.25) is 0 Å². The zero-order chi connectivity index (χ0) is 17.6. The number of rotatable bonds is 3. The van der Waals surface area contributed by atoms with Gasteiger partial charge in [0, 0.05) is 5.56 Å². The standard InChI is InChI=1S/C19H14N2O4/c22-17-15-11-13(8-9-16(15)21-18(17)23)7-4-10-20-19(24)25-12-14-5-2-1-3-6-14/h1-3,5-6,8-9,11H,10,12H2,(H,20,24)(H,21,22,23). The van der Waals surface area contributed by atoms with Crippen LogP contribution in [0.4, 0.5) is 10.5 Å². The number of benzene rings is 2. The maximum Gasteiger partial charge on any atom is 0.408 e. The Balaban J connectivity index is 1.49. The van der Waals surface area contributed by atoms with E-state index in [0.29, 0.717) is 16.8 Å². The SMILES string of the molecule is O=C(NCC#Cc1ccc2c(c1)C(=O)C(=O)N2)OCc1ccccc1. The van der Waals surface area contributed by atoms with Gasteiger partial charge in [-0.2, -0.15) is 0 Å². The van der Waals surface area contributed by atoms with E-state index in [1.807, 2.05) is 30.3 Å². The zero-order valence-electron chi connectivity index (χ0n) is 13.2. The third-order valence-electron chi connectivity index (χ3n) is 3.49. The summed E-state index contributed by atoms with van der Waals surface area (Å²) >= 11 is 0. The topological polar surface area (TPSA) is 84.5 Å². The van der Waals surface area contributed by atoms with Crippen LogP contribution >= 0.6 is 0 Å². The molecule has 0 fully saturated rings. The first kappa shape index (κ1) is 16.3. The highest BCUT2D eigenvalue weighted by atomic mass is 16.5. The Kier molecular flexibility index (Phi) is 4.77. The highest BCUT2D eigenvalue weighted by Gasteiger charge is 2.27. The fourth-order valence-electron chi connectivity index (χ4n) is 2.26. The van der Waals surface area contributed by atoms with E-state index in [1.54, 1.807) is 18.2 Å². The zero-order valence-corrected chi connectivity index (χ0v) is 13.2. The number of Topliss-reactive ketones (excluding diaryl/α,β-unsaturated/α-hetero) is 1. The number of hydrogen-bond acceptors (Lipinski definition) is 4. The number of anilines is 1. The third kappa shape index (κ3) is 4.03. The van der Waals surface area contributed by atoms with Crippen molar-refractivity contribution in [2.45, 2.75) is 6.61 Å². The third-order valence-corrected chi connectivity index (χ3v) is 3.49. The molecule has 124 valence electrons. The van der Waals surface area contributed by atoms with Gasteiger partial charge in [0.05, 0.1) is 17.8 Å². The van der Waals surface area contributed by atoms with Gasteiger partial charge >= 0.3 is 6.09 Å². The lowest BCUT2D eigenvalue weighted by Crippen LogP contribution is -2.24. The molecule has 0 aromatic heterocycles. The Morgan fingerprint density at radius 3 is 2.72 bits per heavy atom. The van der Waals surface area contributed by atoms with Crippen molar-refractivity contribution in [1.82, 2.24) is 5.32 Å². The second-order valence-electron chi connectivity index (χ2n) is 5.26. The van der Waals surface area contributed by atoms with Crippen LogP contribution in [0.5, 0.6) is 0 Å². The lowest BCUT2D eigenvalue weighted by atomic mass is 10.1. The van der Waals surface area contributed by atoms with E-state index in [9.17, 15) is 14.4 Å². The Labute approximate surface area is 144 Å². The van der Waals surface area contributed by atoms with Crippen LogP contribution in [0.15, 0.2) is 48.5 Å². The van der Waals surface area contributed by atoms with Crippen molar-refractivity contribution >= 4 is 23.5 Å². The molecule has 1 heterocycles. The monoisotopic (exact) mass is 334 g/mol. The fraction of sp³-hybridized carbons (Fsp3) is 0.105. The molecule has 6 nitrogen and oxygen atoms in total. The number of ether oxygens (including phenoxy) is 1. The molecule has 1 aliphatic rings. The van der Waals surface area contributed by atoms with E-state index in [1.165, 1.54) is 0 Å². The molecule has 0 radical (unpaired) electrons. The number of carbonyl (C=O) groups excluding carboxylic acids is 3. The average Bonchev–Trinajstić information content (AvgIpc) is 2.92. The summed E-state index contributed by atoms with van der Waals surface area (Å²) in [6.07, 6.45) is -0.558. The molecule has 2 aromatic carbocycles. The maximum atomic E-state index is 11.6. The van der Waals surface area contributed by atoms with Crippen molar-refractivity contribution < 1.29 is 19.1 Å². The predicted molar refractivity (Wildman–Crippen MR) is 90.9 cm³/mol. The molecule has 1 aliphatic heterocycles. The van der Waals surface area contributed by atoms with E-state index >= 15 is 0 Å². The van der Waals surface area contributed by atoms with Gasteiger partial charge in [-0.3, -0.25) is 9.59 Å². The smallest absolute Gasteiger partial charge is 0.408 e. The predicted octanol–water partition coefficient (Wildman–Crippen LogP) is 2.10. The molecule has 0 spiro atoms. The molecule has 2 N–H and O–H groups in total. The van der Waals surface area contributed by atoms with Crippen LogP contribution < -0.4 is 10.6 Å². The van der Waals surface area contributed by atoms with Gasteiger partial charge in [0.15, 0.2) is 0 Å². The quantitative estimate of drug-likeness (QED) is 0.665. The minimum atomic E-state index is -0.636. The number of ketones is 1. The number of alkyl carbamates (subject to hydrolysis) is 1. The van der Waals surface area contributed by atoms with Crippen molar-refractivity contribution in [3.05, 3.63) is 65.2 Å². The first-order chi connectivity index (χ1) is 12.1. The molecule has 0 unspecified atom stereocenters. The van der Waals surface area contributed by atoms with Crippen molar-refractivity contribution in [2.75, 3.05) is 11.9 Å². The Morgan fingerprint density at radius 1 is 1.12 bits per heavy atom. The summed E-state index contributed by atoms with van der Waals surface area (Å²) in [5.74, 6) is 4.39. The number of hydrogen-bond donors (Lipinski definition) is 2. The molecular weight excluding hydrogens is 320 g/mol. The van der Waals surface area contributed by atoms with Crippen LogP contribution in [0, 0.1) is 11.8 Å². The van der Waals surface area contributed by atoms with Crippen molar-refractivity contribution in [2.24, 2.45) is 0 Å². The average molecular weight is 334 g/mol. The van der Waals surface area contributed by atoms with Crippen LogP contribution in [0.3, 0.4) is 0 Å². The second kappa shape index (κ2) is 7.32. The van der Waals surface area contributed by atoms with Gasteiger partial charge < -0.3 is 15.4 Å². The largest absolute Gasteiger partial charge is 0.445 e. The van der Waals surface area contributed by atoms with Gasteiger partial charge in [-0.05, 0) is 23.8 Å². The second-order valence-corrected chi connectivity index (χ2v) is 5.26. The van der Waals surface area contributed by atoms with Crippen LogP contribution in [-0.2, 0) is 16.1 Å². The van der Waals surface area contributed by atoms with Gasteiger partial charge in [-0.25, -0.2) is 4.79 Å². The number of fused-ring (bicyclic) bond motifs is 1. The number of carbonyl (C=O) groups is 3. The van der Waals surface area contributed by atoms with E-state index in [4.69, 9.17) is 4.74 Å². The summed E-state index contributed by atoms with van der Waals surface area (Å²) < 4.78 is 5.06. The van der Waals surface area contributed by atoms with Gasteiger partial charge in [-0.1, -0.05) is 42.2 Å². The first-order valence-corrected chi connectivity index (χ1v) is 7.56. The van der Waals surface area contributed by atoms with Gasteiger partial charge in [0.1, 0.15) is 6.61 Å². The highest BCUT2D eigenvalue weighted by molar-refractivity contribution is 6.51. The van der Waals surface area contributed by atoms with Crippen molar-refractivity contribution in [3.63, 3.8) is 0 Å². The molecule has 0 saturated heterocycles. The van der Waals surface area contributed by atoms with Gasteiger partial charge in [-0.15, -0.1) is 0 Å². The van der Waals surface area contributed by atoms with E-state index in [0.717, 1.165) is 5.56 Å². The first-order valence-electron chi connectivity index (χ1n) is 7.56. The summed E-state index contributed by atoms with van der Waals surface area (Å²) in [6.45, 7) is 0.296. The molecule has 0 atom stereocenters. The molecule has 2 amide bonds. The minimum absolute atomic E-state index is 0.107. The molecule has 2 aromatic rings. The van der Waals surface area contributed by atoms with E-state index in [2.05, 4.69) is 22.5 Å². The van der Waals surface area contributed by atoms with Crippen molar-refractivity contribution in [1.29, 1.82) is 0 Å². The maximum absolute atomic E-state index is 11.6. The summed E-state index contributed by atoms with van der Waals surface area (Å²) in [5.41, 5.74) is 2.29. The molecule has 0 aliphatic carbocycles. The summed E-state index contributed by atoms with van der Waals surface area (Å²) in [5, 5.41) is 5.00. The molecule has 25 heavy (non-hydrogen) atoms. The fourth-order valence-corrected chi connectivity index (χ4v) is 2.26. The van der Waals surface area contributed by atoms with Crippen molar-refractivity contribution in [3.8, 4) is 11.8 Å². The Hall–Kier alpha value is -3.59. The lowest BCUT2D eigenvalue weighted by Gasteiger charge is -2.04. The van der Waals surface area contributed by atoms with E-state index < -0.39 is 17.8 Å². The summed E-state index contributed by atoms with van der Waals surface area (Å²) in [7, 11) is 0. The van der Waals surface area contributed by atoms with E-state index in [-0.39, 0.29) is 13.2 Å². The molecule has 3 rings (SSSR count). The van der Waals surface area contributed by atoms with Crippen LogP contribution in [0.1, 0.15) is 21.5 Å². The Morgan fingerprint density at radius 2 is 1.92 bits per heavy atom. The normalized spacial score (nSPS) is 11.8.